The van der Waals surface area contributed by atoms with Gasteiger partial charge in [0.25, 0.3) is 0 Å². The average Bonchev–Trinajstić information content (AvgIpc) is 2.36. The van der Waals surface area contributed by atoms with Gasteiger partial charge in [0.2, 0.25) is 5.91 Å². The Morgan fingerprint density at radius 3 is 2.67 bits per heavy atom. The van der Waals surface area contributed by atoms with Crippen molar-refractivity contribution in [1.29, 1.82) is 0 Å². The van der Waals surface area contributed by atoms with Gasteiger partial charge in [0.1, 0.15) is 5.75 Å². The van der Waals surface area contributed by atoms with Crippen LogP contribution in [-0.4, -0.2) is 19.6 Å². The van der Waals surface area contributed by atoms with Crippen LogP contribution in [0.25, 0.3) is 0 Å². The number of carbonyl (C=O) groups excluding carboxylic acids is 1. The fraction of sp³-hybridized carbons (Fsp3) is 0.500. The van der Waals surface area contributed by atoms with Gasteiger partial charge in [-0.25, -0.2) is 0 Å². The van der Waals surface area contributed by atoms with Gasteiger partial charge in [-0.3, -0.25) is 4.79 Å². The second-order valence-electron chi connectivity index (χ2n) is 4.42. The molecule has 1 rings (SSSR count). The molecular weight excluding hydrogens is 228 g/mol. The third-order valence-electron chi connectivity index (χ3n) is 2.94. The standard InChI is InChI=1S/C14H22N2O2/c1-10-8-13(18-3)11(2)7-12(10)9-16-14(17)5-4-6-15/h7-8H,4-6,9,15H2,1-3H3,(H,16,17). The lowest BCUT2D eigenvalue weighted by molar-refractivity contribution is -0.121. The molecule has 0 saturated heterocycles. The highest BCUT2D eigenvalue weighted by Gasteiger charge is 2.06. The molecule has 0 aliphatic heterocycles. The number of aryl methyl sites for hydroxylation is 2. The van der Waals surface area contributed by atoms with Crippen molar-refractivity contribution in [1.82, 2.24) is 5.32 Å². The molecular formula is C14H22N2O2. The molecule has 1 amide bonds. The zero-order valence-corrected chi connectivity index (χ0v) is 11.4. The van der Waals surface area contributed by atoms with E-state index in [1.165, 1.54) is 0 Å². The molecule has 0 saturated carbocycles. The molecule has 4 nitrogen and oxygen atoms in total. The number of rotatable bonds is 6. The van der Waals surface area contributed by atoms with Crippen molar-refractivity contribution in [2.24, 2.45) is 5.73 Å². The lowest BCUT2D eigenvalue weighted by Crippen LogP contribution is -2.23. The van der Waals surface area contributed by atoms with Crippen LogP contribution in [-0.2, 0) is 11.3 Å². The lowest BCUT2D eigenvalue weighted by Gasteiger charge is -2.12. The molecule has 0 heterocycles. The molecule has 0 radical (unpaired) electrons. The van der Waals surface area contributed by atoms with Crippen LogP contribution in [0.1, 0.15) is 29.5 Å². The molecule has 4 heteroatoms. The summed E-state index contributed by atoms with van der Waals surface area (Å²) in [7, 11) is 1.66. The normalized spacial score (nSPS) is 10.2. The van der Waals surface area contributed by atoms with Crippen molar-refractivity contribution in [2.45, 2.75) is 33.2 Å². The van der Waals surface area contributed by atoms with Gasteiger partial charge in [0.05, 0.1) is 7.11 Å². The Balaban J connectivity index is 2.62. The monoisotopic (exact) mass is 250 g/mol. The Labute approximate surface area is 109 Å². The summed E-state index contributed by atoms with van der Waals surface area (Å²) < 4.78 is 5.26. The van der Waals surface area contributed by atoms with Gasteiger partial charge in [-0.1, -0.05) is 6.07 Å². The fourth-order valence-corrected chi connectivity index (χ4v) is 1.80. The van der Waals surface area contributed by atoms with Gasteiger partial charge < -0.3 is 15.8 Å². The summed E-state index contributed by atoms with van der Waals surface area (Å²) in [5.74, 6) is 0.930. The van der Waals surface area contributed by atoms with Crippen LogP contribution < -0.4 is 15.8 Å². The van der Waals surface area contributed by atoms with Gasteiger partial charge >= 0.3 is 0 Å². The predicted octanol–water partition coefficient (Wildman–Crippen LogP) is 1.67. The van der Waals surface area contributed by atoms with E-state index in [4.69, 9.17) is 10.5 Å². The molecule has 1 aromatic rings. The van der Waals surface area contributed by atoms with Crippen molar-refractivity contribution in [3.8, 4) is 5.75 Å². The highest BCUT2D eigenvalue weighted by atomic mass is 16.5. The first-order valence-electron chi connectivity index (χ1n) is 6.19. The molecule has 0 aliphatic carbocycles. The molecule has 18 heavy (non-hydrogen) atoms. The van der Waals surface area contributed by atoms with E-state index in [2.05, 4.69) is 11.4 Å². The quantitative estimate of drug-likeness (QED) is 0.807. The molecule has 1 aromatic carbocycles. The Morgan fingerprint density at radius 2 is 2.06 bits per heavy atom. The second-order valence-corrected chi connectivity index (χ2v) is 4.42. The zero-order valence-electron chi connectivity index (χ0n) is 11.4. The van der Waals surface area contributed by atoms with E-state index in [1.54, 1.807) is 7.11 Å². The van der Waals surface area contributed by atoms with Crippen LogP contribution in [0.15, 0.2) is 12.1 Å². The number of benzene rings is 1. The molecule has 0 aliphatic rings. The van der Waals surface area contributed by atoms with Crippen molar-refractivity contribution < 1.29 is 9.53 Å². The van der Waals surface area contributed by atoms with Gasteiger partial charge in [-0.2, -0.15) is 0 Å². The van der Waals surface area contributed by atoms with Crippen molar-refractivity contribution in [3.05, 3.63) is 28.8 Å². The number of methoxy groups -OCH3 is 1. The number of hydrogen-bond acceptors (Lipinski definition) is 3. The number of nitrogens with one attached hydrogen (secondary N) is 1. The highest BCUT2D eigenvalue weighted by Crippen LogP contribution is 2.22. The third kappa shape index (κ3) is 4.04. The summed E-state index contributed by atoms with van der Waals surface area (Å²) in [6.45, 7) is 5.12. The minimum atomic E-state index is 0.0494. The zero-order chi connectivity index (χ0) is 13.5. The topological polar surface area (TPSA) is 64.3 Å². The number of amides is 1. The minimum absolute atomic E-state index is 0.0494. The molecule has 0 atom stereocenters. The molecule has 0 aromatic heterocycles. The van der Waals surface area contributed by atoms with Crippen LogP contribution in [0, 0.1) is 13.8 Å². The van der Waals surface area contributed by atoms with Crippen LogP contribution in [0.5, 0.6) is 5.75 Å². The SMILES string of the molecule is COc1cc(C)c(CNC(=O)CCCN)cc1C. The average molecular weight is 250 g/mol. The summed E-state index contributed by atoms with van der Waals surface area (Å²) >= 11 is 0. The van der Waals surface area contributed by atoms with Gasteiger partial charge in [-0.05, 0) is 49.6 Å². The Morgan fingerprint density at radius 1 is 1.33 bits per heavy atom. The maximum Gasteiger partial charge on any atom is 0.220 e. The Hall–Kier alpha value is -1.55. The smallest absolute Gasteiger partial charge is 0.220 e. The first-order chi connectivity index (χ1) is 8.58. The summed E-state index contributed by atoms with van der Waals surface area (Å²) in [5.41, 5.74) is 8.69. The largest absolute Gasteiger partial charge is 0.496 e. The molecule has 0 fully saturated rings. The van der Waals surface area contributed by atoms with Crippen LogP contribution in [0.3, 0.4) is 0 Å². The van der Waals surface area contributed by atoms with Crippen LogP contribution >= 0.6 is 0 Å². The van der Waals surface area contributed by atoms with E-state index in [1.807, 2.05) is 19.9 Å². The first kappa shape index (κ1) is 14.5. The summed E-state index contributed by atoms with van der Waals surface area (Å²) in [4.78, 5) is 11.5. The third-order valence-corrected chi connectivity index (χ3v) is 2.94. The van der Waals surface area contributed by atoms with E-state index < -0.39 is 0 Å². The molecule has 0 bridgehead atoms. The molecule has 100 valence electrons. The van der Waals surface area contributed by atoms with E-state index in [9.17, 15) is 4.79 Å². The number of carbonyl (C=O) groups is 1. The minimum Gasteiger partial charge on any atom is -0.496 e. The number of ether oxygens (including phenoxy) is 1. The lowest BCUT2D eigenvalue weighted by atomic mass is 10.0. The van der Waals surface area contributed by atoms with Gasteiger partial charge in [0, 0.05) is 13.0 Å². The van der Waals surface area contributed by atoms with Crippen LogP contribution in [0.2, 0.25) is 0 Å². The van der Waals surface area contributed by atoms with E-state index in [-0.39, 0.29) is 5.91 Å². The molecule has 3 N–H and O–H groups in total. The summed E-state index contributed by atoms with van der Waals surface area (Å²) in [6, 6.07) is 4.05. The molecule has 0 spiro atoms. The Kier molecular flexibility index (Phi) is 5.65. The van der Waals surface area contributed by atoms with E-state index in [0.29, 0.717) is 19.5 Å². The maximum absolute atomic E-state index is 11.5. The fourth-order valence-electron chi connectivity index (χ4n) is 1.80. The van der Waals surface area contributed by atoms with E-state index >= 15 is 0 Å². The van der Waals surface area contributed by atoms with Crippen LogP contribution in [0.4, 0.5) is 0 Å². The Bertz CT molecular complexity index is 417. The maximum atomic E-state index is 11.5. The van der Waals surface area contributed by atoms with Gasteiger partial charge in [0.15, 0.2) is 0 Å². The highest BCUT2D eigenvalue weighted by molar-refractivity contribution is 5.75. The number of nitrogens with two attached hydrogens (primary N) is 1. The number of hydrogen-bond donors (Lipinski definition) is 2. The van der Waals surface area contributed by atoms with Gasteiger partial charge in [-0.15, -0.1) is 0 Å². The van der Waals surface area contributed by atoms with Crippen molar-refractivity contribution >= 4 is 5.91 Å². The van der Waals surface area contributed by atoms with Crippen molar-refractivity contribution in [3.63, 3.8) is 0 Å². The van der Waals surface area contributed by atoms with Crippen molar-refractivity contribution in [2.75, 3.05) is 13.7 Å². The first-order valence-corrected chi connectivity index (χ1v) is 6.19. The summed E-state index contributed by atoms with van der Waals surface area (Å²) in [6.07, 6.45) is 1.22. The van der Waals surface area contributed by atoms with E-state index in [0.717, 1.165) is 28.9 Å². The second kappa shape index (κ2) is 7.01. The molecule has 0 unspecified atom stereocenters. The summed E-state index contributed by atoms with van der Waals surface area (Å²) in [5, 5.41) is 2.90. The predicted molar refractivity (Wildman–Crippen MR) is 72.6 cm³/mol.